The SMILES string of the molecule is CCC[C@@H]1CC[C@@H](C)C[C@@H]1N. The van der Waals surface area contributed by atoms with Gasteiger partial charge in [-0.1, -0.05) is 26.7 Å². The standard InChI is InChI=1S/C10H21N/c1-3-4-9-6-5-8(2)7-10(9)11/h8-10H,3-7,11H2,1-2H3/t8-,9-,10+/m1/s1. The molecule has 66 valence electrons. The van der Waals surface area contributed by atoms with Crippen molar-refractivity contribution in [3.05, 3.63) is 0 Å². The van der Waals surface area contributed by atoms with E-state index in [1.54, 1.807) is 0 Å². The van der Waals surface area contributed by atoms with Gasteiger partial charge in [-0.15, -0.1) is 0 Å². The van der Waals surface area contributed by atoms with Crippen molar-refractivity contribution in [3.63, 3.8) is 0 Å². The lowest BCUT2D eigenvalue weighted by molar-refractivity contribution is 0.237. The topological polar surface area (TPSA) is 26.0 Å². The molecule has 3 atom stereocenters. The predicted octanol–water partition coefficient (Wildman–Crippen LogP) is 2.55. The average Bonchev–Trinajstić information content (AvgIpc) is 1.95. The second kappa shape index (κ2) is 4.10. The number of rotatable bonds is 2. The van der Waals surface area contributed by atoms with E-state index in [1.807, 2.05) is 0 Å². The maximum atomic E-state index is 6.06. The van der Waals surface area contributed by atoms with Gasteiger partial charge >= 0.3 is 0 Å². The molecular formula is C10H21N. The molecular weight excluding hydrogens is 134 g/mol. The molecule has 2 N–H and O–H groups in total. The van der Waals surface area contributed by atoms with Crippen molar-refractivity contribution in [1.29, 1.82) is 0 Å². The van der Waals surface area contributed by atoms with Crippen LogP contribution in [0.4, 0.5) is 0 Å². The van der Waals surface area contributed by atoms with E-state index >= 15 is 0 Å². The largest absolute Gasteiger partial charge is 0.327 e. The van der Waals surface area contributed by atoms with Gasteiger partial charge in [0.1, 0.15) is 0 Å². The van der Waals surface area contributed by atoms with Crippen LogP contribution in [0.2, 0.25) is 0 Å². The zero-order valence-electron chi connectivity index (χ0n) is 7.84. The van der Waals surface area contributed by atoms with E-state index in [2.05, 4.69) is 13.8 Å². The third kappa shape index (κ3) is 2.48. The van der Waals surface area contributed by atoms with Crippen molar-refractivity contribution in [2.45, 2.75) is 52.0 Å². The molecule has 0 radical (unpaired) electrons. The van der Waals surface area contributed by atoms with Gasteiger partial charge in [-0.3, -0.25) is 0 Å². The van der Waals surface area contributed by atoms with E-state index in [0.29, 0.717) is 6.04 Å². The van der Waals surface area contributed by atoms with E-state index in [1.165, 1.54) is 32.1 Å². The molecule has 1 fully saturated rings. The molecule has 1 aliphatic carbocycles. The Labute approximate surface area is 70.4 Å². The quantitative estimate of drug-likeness (QED) is 0.651. The van der Waals surface area contributed by atoms with Crippen molar-refractivity contribution in [2.75, 3.05) is 0 Å². The highest BCUT2D eigenvalue weighted by Crippen LogP contribution is 2.30. The Hall–Kier alpha value is -0.0400. The summed E-state index contributed by atoms with van der Waals surface area (Å²) in [5.41, 5.74) is 6.06. The summed E-state index contributed by atoms with van der Waals surface area (Å²) in [5, 5.41) is 0. The molecule has 0 aromatic heterocycles. The Morgan fingerprint density at radius 3 is 2.64 bits per heavy atom. The summed E-state index contributed by atoms with van der Waals surface area (Å²) < 4.78 is 0. The molecule has 1 saturated carbocycles. The van der Waals surface area contributed by atoms with Crippen LogP contribution in [-0.2, 0) is 0 Å². The highest BCUT2D eigenvalue weighted by atomic mass is 14.7. The van der Waals surface area contributed by atoms with Crippen molar-refractivity contribution < 1.29 is 0 Å². The first-order chi connectivity index (χ1) is 5.24. The molecule has 1 nitrogen and oxygen atoms in total. The van der Waals surface area contributed by atoms with Crippen molar-refractivity contribution in [1.82, 2.24) is 0 Å². The molecule has 0 aliphatic heterocycles. The van der Waals surface area contributed by atoms with Gasteiger partial charge in [-0.05, 0) is 31.1 Å². The highest BCUT2D eigenvalue weighted by Gasteiger charge is 2.24. The highest BCUT2D eigenvalue weighted by molar-refractivity contribution is 4.80. The van der Waals surface area contributed by atoms with Crippen LogP contribution in [0.1, 0.15) is 46.0 Å². The Morgan fingerprint density at radius 2 is 2.09 bits per heavy atom. The summed E-state index contributed by atoms with van der Waals surface area (Å²) >= 11 is 0. The van der Waals surface area contributed by atoms with Gasteiger partial charge in [0.25, 0.3) is 0 Å². The van der Waals surface area contributed by atoms with Crippen molar-refractivity contribution >= 4 is 0 Å². The summed E-state index contributed by atoms with van der Waals surface area (Å²) in [7, 11) is 0. The number of hydrogen-bond donors (Lipinski definition) is 1. The fourth-order valence-electron chi connectivity index (χ4n) is 2.22. The van der Waals surface area contributed by atoms with Gasteiger partial charge in [0.2, 0.25) is 0 Å². The Balaban J connectivity index is 2.31. The minimum absolute atomic E-state index is 0.499. The summed E-state index contributed by atoms with van der Waals surface area (Å²) in [6, 6.07) is 0.499. The van der Waals surface area contributed by atoms with Gasteiger partial charge < -0.3 is 5.73 Å². The molecule has 0 saturated heterocycles. The minimum Gasteiger partial charge on any atom is -0.327 e. The second-order valence-corrected chi connectivity index (χ2v) is 4.13. The molecule has 0 aromatic rings. The fourth-order valence-corrected chi connectivity index (χ4v) is 2.22. The van der Waals surface area contributed by atoms with Gasteiger partial charge in [0.05, 0.1) is 0 Å². The first-order valence-electron chi connectivity index (χ1n) is 4.99. The maximum Gasteiger partial charge on any atom is 0.00696 e. The smallest absolute Gasteiger partial charge is 0.00696 e. The van der Waals surface area contributed by atoms with Gasteiger partial charge in [-0.25, -0.2) is 0 Å². The van der Waals surface area contributed by atoms with Crippen LogP contribution in [0, 0.1) is 11.8 Å². The average molecular weight is 155 g/mol. The van der Waals surface area contributed by atoms with E-state index in [9.17, 15) is 0 Å². The minimum atomic E-state index is 0.499. The van der Waals surface area contributed by atoms with E-state index in [0.717, 1.165) is 11.8 Å². The maximum absolute atomic E-state index is 6.06. The summed E-state index contributed by atoms with van der Waals surface area (Å²) in [6.07, 6.45) is 6.67. The van der Waals surface area contributed by atoms with E-state index in [-0.39, 0.29) is 0 Å². The summed E-state index contributed by atoms with van der Waals surface area (Å²) in [5.74, 6) is 1.70. The Morgan fingerprint density at radius 1 is 1.36 bits per heavy atom. The predicted molar refractivity (Wildman–Crippen MR) is 49.4 cm³/mol. The molecule has 1 rings (SSSR count). The fraction of sp³-hybridized carbons (Fsp3) is 1.00. The van der Waals surface area contributed by atoms with E-state index in [4.69, 9.17) is 5.73 Å². The molecule has 1 heteroatoms. The molecule has 0 aromatic carbocycles. The van der Waals surface area contributed by atoms with Crippen LogP contribution >= 0.6 is 0 Å². The first kappa shape index (κ1) is 9.05. The lowest BCUT2D eigenvalue weighted by Gasteiger charge is -2.32. The molecule has 0 bridgehead atoms. The Bertz CT molecular complexity index is 111. The normalized spacial score (nSPS) is 39.0. The van der Waals surface area contributed by atoms with Crippen LogP contribution in [0.15, 0.2) is 0 Å². The lowest BCUT2D eigenvalue weighted by atomic mass is 9.77. The van der Waals surface area contributed by atoms with Crippen molar-refractivity contribution in [2.24, 2.45) is 17.6 Å². The summed E-state index contributed by atoms with van der Waals surface area (Å²) in [4.78, 5) is 0. The third-order valence-electron chi connectivity index (χ3n) is 2.97. The van der Waals surface area contributed by atoms with Crippen molar-refractivity contribution in [3.8, 4) is 0 Å². The zero-order valence-corrected chi connectivity index (χ0v) is 7.84. The van der Waals surface area contributed by atoms with Crippen LogP contribution < -0.4 is 5.73 Å². The molecule has 0 amide bonds. The van der Waals surface area contributed by atoms with Gasteiger partial charge in [0, 0.05) is 6.04 Å². The zero-order chi connectivity index (χ0) is 8.27. The number of nitrogens with two attached hydrogens (primary N) is 1. The molecule has 11 heavy (non-hydrogen) atoms. The van der Waals surface area contributed by atoms with Crippen LogP contribution in [-0.4, -0.2) is 6.04 Å². The number of hydrogen-bond acceptors (Lipinski definition) is 1. The molecule has 1 aliphatic rings. The van der Waals surface area contributed by atoms with Crippen LogP contribution in [0.5, 0.6) is 0 Å². The van der Waals surface area contributed by atoms with Crippen LogP contribution in [0.3, 0.4) is 0 Å². The van der Waals surface area contributed by atoms with Crippen LogP contribution in [0.25, 0.3) is 0 Å². The Kier molecular flexibility index (Phi) is 3.38. The monoisotopic (exact) mass is 155 g/mol. The van der Waals surface area contributed by atoms with E-state index < -0.39 is 0 Å². The third-order valence-corrected chi connectivity index (χ3v) is 2.97. The summed E-state index contributed by atoms with van der Waals surface area (Å²) in [6.45, 7) is 4.58. The molecule has 0 heterocycles. The molecule has 0 unspecified atom stereocenters. The first-order valence-corrected chi connectivity index (χ1v) is 4.99. The van der Waals surface area contributed by atoms with Gasteiger partial charge in [-0.2, -0.15) is 0 Å². The molecule has 0 spiro atoms. The second-order valence-electron chi connectivity index (χ2n) is 4.13. The van der Waals surface area contributed by atoms with Gasteiger partial charge in [0.15, 0.2) is 0 Å². The lowest BCUT2D eigenvalue weighted by Crippen LogP contribution is -2.35.